The first-order valence-corrected chi connectivity index (χ1v) is 8.27. The Hall–Kier alpha value is -1.43. The Morgan fingerprint density at radius 2 is 2.19 bits per heavy atom. The number of nitrogen functional groups attached to an aromatic ring is 1. The first-order valence-electron chi connectivity index (χ1n) is 7.46. The summed E-state index contributed by atoms with van der Waals surface area (Å²) in [5.74, 6) is 1.23. The lowest BCUT2D eigenvalue weighted by atomic mass is 9.85. The third-order valence-corrected chi connectivity index (χ3v) is 5.07. The smallest absolute Gasteiger partial charge is 0.263 e. The van der Waals surface area contributed by atoms with Gasteiger partial charge in [-0.2, -0.15) is 0 Å². The van der Waals surface area contributed by atoms with Crippen molar-refractivity contribution in [1.82, 2.24) is 5.32 Å². The zero-order chi connectivity index (χ0) is 15.6. The van der Waals surface area contributed by atoms with Crippen LogP contribution >= 0.6 is 11.3 Å². The molecule has 1 aliphatic rings. The van der Waals surface area contributed by atoms with Crippen molar-refractivity contribution in [2.24, 2.45) is 5.92 Å². The summed E-state index contributed by atoms with van der Waals surface area (Å²) in [7, 11) is 3.66. The second-order valence-corrected chi connectivity index (χ2v) is 6.90. The second-order valence-electron chi connectivity index (χ2n) is 5.90. The number of ether oxygens (including phenoxy) is 1. The zero-order valence-electron chi connectivity index (χ0n) is 13.2. The fraction of sp³-hybridized carbons (Fsp3) is 0.667. The van der Waals surface area contributed by atoms with Crippen molar-refractivity contribution in [1.29, 1.82) is 0 Å². The maximum atomic E-state index is 11.9. The number of hydrogen-bond acceptors (Lipinski definition) is 5. The fourth-order valence-corrected chi connectivity index (χ4v) is 3.52. The van der Waals surface area contributed by atoms with Crippen LogP contribution in [-0.4, -0.2) is 32.7 Å². The normalized spacial score (nSPS) is 14.9. The minimum atomic E-state index is -0.158. The molecule has 0 aromatic carbocycles. The molecule has 1 heterocycles. The van der Waals surface area contributed by atoms with Crippen LogP contribution in [0.25, 0.3) is 0 Å². The summed E-state index contributed by atoms with van der Waals surface area (Å²) in [5, 5.41) is 3.59. The molecule has 0 atom stereocenters. The van der Waals surface area contributed by atoms with Crippen molar-refractivity contribution in [3.05, 3.63) is 4.88 Å². The number of hydrogen-bond donors (Lipinski definition) is 2. The molecule has 1 aromatic heterocycles. The average Bonchev–Trinajstić information content (AvgIpc) is 2.70. The Morgan fingerprint density at radius 3 is 2.67 bits per heavy atom. The van der Waals surface area contributed by atoms with Crippen LogP contribution in [0.1, 0.15) is 42.8 Å². The van der Waals surface area contributed by atoms with E-state index < -0.39 is 0 Å². The van der Waals surface area contributed by atoms with Crippen molar-refractivity contribution in [2.45, 2.75) is 39.2 Å². The van der Waals surface area contributed by atoms with E-state index in [4.69, 9.17) is 10.5 Å². The van der Waals surface area contributed by atoms with Gasteiger partial charge in [0.2, 0.25) is 0 Å². The van der Waals surface area contributed by atoms with Gasteiger partial charge in [0.1, 0.15) is 15.6 Å². The molecule has 1 aliphatic carbocycles. The number of carbonyl (C=O) groups excluding carboxylic acids is 1. The van der Waals surface area contributed by atoms with Crippen molar-refractivity contribution >= 4 is 27.9 Å². The molecule has 1 fully saturated rings. The van der Waals surface area contributed by atoms with Crippen LogP contribution in [0.3, 0.4) is 0 Å². The first kappa shape index (κ1) is 15.9. The highest BCUT2D eigenvalue weighted by Crippen LogP contribution is 2.45. The highest BCUT2D eigenvalue weighted by Gasteiger charge is 2.27. The number of rotatable bonds is 6. The van der Waals surface area contributed by atoms with Crippen molar-refractivity contribution in [3.8, 4) is 5.75 Å². The molecular formula is C15H25N3O2S. The molecule has 5 nitrogen and oxygen atoms in total. The summed E-state index contributed by atoms with van der Waals surface area (Å²) in [5.41, 5.74) is 6.59. The largest absolute Gasteiger partial charge is 0.486 e. The van der Waals surface area contributed by atoms with Gasteiger partial charge < -0.3 is 20.7 Å². The van der Waals surface area contributed by atoms with Gasteiger partial charge in [0.05, 0.1) is 6.10 Å². The van der Waals surface area contributed by atoms with Crippen LogP contribution in [0.15, 0.2) is 0 Å². The van der Waals surface area contributed by atoms with E-state index in [0.717, 1.165) is 17.5 Å². The molecule has 6 heteroatoms. The molecule has 0 spiro atoms. The lowest BCUT2D eigenvalue weighted by Crippen LogP contribution is -2.29. The number of amides is 1. The minimum Gasteiger partial charge on any atom is -0.486 e. The van der Waals surface area contributed by atoms with Crippen LogP contribution in [0.2, 0.25) is 0 Å². The number of nitrogens with zero attached hydrogens (tertiary/aromatic N) is 1. The van der Waals surface area contributed by atoms with Crippen molar-refractivity contribution in [3.63, 3.8) is 0 Å². The van der Waals surface area contributed by atoms with Crippen LogP contribution in [0.5, 0.6) is 5.75 Å². The Labute approximate surface area is 130 Å². The van der Waals surface area contributed by atoms with Gasteiger partial charge in [-0.25, -0.2) is 0 Å². The summed E-state index contributed by atoms with van der Waals surface area (Å²) in [6.45, 7) is 4.92. The number of nitrogens with two attached hydrogens (primary N) is 1. The Kier molecular flexibility index (Phi) is 4.98. The molecule has 1 saturated carbocycles. The molecule has 21 heavy (non-hydrogen) atoms. The van der Waals surface area contributed by atoms with Gasteiger partial charge in [0, 0.05) is 20.6 Å². The van der Waals surface area contributed by atoms with E-state index in [0.29, 0.717) is 16.3 Å². The van der Waals surface area contributed by atoms with Crippen LogP contribution in [0, 0.1) is 5.92 Å². The minimum absolute atomic E-state index is 0.0234. The highest BCUT2D eigenvalue weighted by molar-refractivity contribution is 7.19. The van der Waals surface area contributed by atoms with E-state index in [-0.39, 0.29) is 12.0 Å². The summed E-state index contributed by atoms with van der Waals surface area (Å²) in [6.07, 6.45) is 3.92. The van der Waals surface area contributed by atoms with E-state index >= 15 is 0 Å². The topological polar surface area (TPSA) is 67.6 Å². The van der Waals surface area contributed by atoms with Gasteiger partial charge in [0.25, 0.3) is 5.91 Å². The summed E-state index contributed by atoms with van der Waals surface area (Å²) in [4.78, 5) is 14.6. The molecule has 1 amide bonds. The molecule has 0 saturated heterocycles. The maximum absolute atomic E-state index is 11.9. The third kappa shape index (κ3) is 3.43. The molecule has 0 unspecified atom stereocenters. The molecular weight excluding hydrogens is 286 g/mol. The molecule has 0 bridgehead atoms. The predicted octanol–water partition coefficient (Wildman–Crippen LogP) is 2.71. The Morgan fingerprint density at radius 1 is 1.52 bits per heavy atom. The van der Waals surface area contributed by atoms with E-state index in [1.807, 2.05) is 20.9 Å². The molecule has 0 aliphatic heterocycles. The maximum Gasteiger partial charge on any atom is 0.263 e. The van der Waals surface area contributed by atoms with Crippen LogP contribution in [0.4, 0.5) is 10.7 Å². The Bertz CT molecular complexity index is 509. The first-order chi connectivity index (χ1) is 9.93. The molecule has 3 N–H and O–H groups in total. The van der Waals surface area contributed by atoms with Gasteiger partial charge in [-0.05, 0) is 32.6 Å². The number of thiophene rings is 1. The third-order valence-electron chi connectivity index (χ3n) is 3.77. The fourth-order valence-electron chi connectivity index (χ4n) is 2.44. The van der Waals surface area contributed by atoms with Crippen LogP contribution < -0.4 is 20.7 Å². The highest BCUT2D eigenvalue weighted by atomic mass is 32.1. The SMILES string of the molecule is CNC(=O)c1sc(N(C)CC2CCC2)c(OC(C)C)c1N. The van der Waals surface area contributed by atoms with Gasteiger partial charge >= 0.3 is 0 Å². The summed E-state index contributed by atoms with van der Waals surface area (Å²) < 4.78 is 5.87. The predicted molar refractivity (Wildman–Crippen MR) is 88.5 cm³/mol. The lowest BCUT2D eigenvalue weighted by Gasteiger charge is -2.31. The second kappa shape index (κ2) is 6.56. The molecule has 2 rings (SSSR count). The average molecular weight is 311 g/mol. The number of carbonyl (C=O) groups is 1. The molecule has 1 aromatic rings. The van der Waals surface area contributed by atoms with E-state index in [2.05, 4.69) is 10.2 Å². The van der Waals surface area contributed by atoms with Gasteiger partial charge in [-0.15, -0.1) is 11.3 Å². The van der Waals surface area contributed by atoms with Gasteiger partial charge in [-0.1, -0.05) is 6.42 Å². The standard InChI is InChI=1S/C15H25N3O2S/c1-9(2)20-12-11(16)13(14(19)17-3)21-15(12)18(4)8-10-6-5-7-10/h9-10H,5-8,16H2,1-4H3,(H,17,19). The summed E-state index contributed by atoms with van der Waals surface area (Å²) >= 11 is 1.41. The number of anilines is 2. The van der Waals surface area contributed by atoms with E-state index in [1.54, 1.807) is 7.05 Å². The number of nitrogens with one attached hydrogen (secondary N) is 1. The lowest BCUT2D eigenvalue weighted by molar-refractivity contribution is 0.0967. The quantitative estimate of drug-likeness (QED) is 0.847. The molecule has 118 valence electrons. The monoisotopic (exact) mass is 311 g/mol. The van der Waals surface area contributed by atoms with Gasteiger partial charge in [0.15, 0.2) is 5.75 Å². The molecule has 0 radical (unpaired) electrons. The zero-order valence-corrected chi connectivity index (χ0v) is 14.0. The van der Waals surface area contributed by atoms with Crippen molar-refractivity contribution < 1.29 is 9.53 Å². The van der Waals surface area contributed by atoms with E-state index in [1.165, 1.54) is 30.6 Å². The van der Waals surface area contributed by atoms with Crippen LogP contribution in [-0.2, 0) is 0 Å². The van der Waals surface area contributed by atoms with Crippen molar-refractivity contribution in [2.75, 3.05) is 31.3 Å². The van der Waals surface area contributed by atoms with E-state index in [9.17, 15) is 4.79 Å². The van der Waals surface area contributed by atoms with Gasteiger partial charge in [-0.3, -0.25) is 4.79 Å². The summed E-state index contributed by atoms with van der Waals surface area (Å²) in [6, 6.07) is 0. The Balaban J connectivity index is 2.29.